The minimum Gasteiger partial charge on any atom is -0.494 e. The van der Waals surface area contributed by atoms with Crippen molar-refractivity contribution < 1.29 is 13.2 Å². The number of anilines is 2. The van der Waals surface area contributed by atoms with E-state index in [-0.39, 0.29) is 10.7 Å². The van der Waals surface area contributed by atoms with Gasteiger partial charge in [0.1, 0.15) is 11.6 Å². The summed E-state index contributed by atoms with van der Waals surface area (Å²) in [7, 11) is -3.67. The SMILES string of the molecule is CCCCCNc1ccc(NS(=O)(=O)c2ccc(OCC)cc2)nc1. The first-order chi connectivity index (χ1) is 12.0. The molecule has 0 aliphatic heterocycles. The van der Waals surface area contributed by atoms with Gasteiger partial charge in [0.25, 0.3) is 10.0 Å². The standard InChI is InChI=1S/C18H25N3O3S/c1-3-5-6-13-19-15-7-12-18(20-14-15)21-25(22,23)17-10-8-16(9-11-17)24-4-2/h7-12,14,19H,3-6,13H2,1-2H3,(H,20,21). The molecule has 1 aromatic heterocycles. The zero-order valence-electron chi connectivity index (χ0n) is 14.7. The van der Waals surface area contributed by atoms with Crippen LogP contribution in [0.25, 0.3) is 0 Å². The first kappa shape index (κ1) is 19.1. The van der Waals surface area contributed by atoms with Crippen LogP contribution in [0.1, 0.15) is 33.1 Å². The molecule has 0 aliphatic rings. The molecule has 0 amide bonds. The van der Waals surface area contributed by atoms with E-state index in [2.05, 4.69) is 21.9 Å². The van der Waals surface area contributed by atoms with Gasteiger partial charge >= 0.3 is 0 Å². The summed E-state index contributed by atoms with van der Waals surface area (Å²) in [6, 6.07) is 9.75. The van der Waals surface area contributed by atoms with E-state index in [4.69, 9.17) is 4.74 Å². The molecule has 0 atom stereocenters. The molecule has 7 heteroatoms. The number of ether oxygens (including phenoxy) is 1. The van der Waals surface area contributed by atoms with Crippen molar-refractivity contribution >= 4 is 21.5 Å². The Balaban J connectivity index is 1.97. The number of nitrogens with one attached hydrogen (secondary N) is 2. The van der Waals surface area contributed by atoms with E-state index in [0.29, 0.717) is 12.4 Å². The van der Waals surface area contributed by atoms with E-state index in [9.17, 15) is 8.42 Å². The summed E-state index contributed by atoms with van der Waals surface area (Å²) in [6.07, 6.45) is 5.08. The molecule has 2 rings (SSSR count). The van der Waals surface area contributed by atoms with Crippen molar-refractivity contribution in [3.63, 3.8) is 0 Å². The fourth-order valence-corrected chi connectivity index (χ4v) is 3.25. The monoisotopic (exact) mass is 363 g/mol. The van der Waals surface area contributed by atoms with Gasteiger partial charge in [0.15, 0.2) is 0 Å². The van der Waals surface area contributed by atoms with Crippen molar-refractivity contribution in [1.82, 2.24) is 4.98 Å². The highest BCUT2D eigenvalue weighted by molar-refractivity contribution is 7.92. The quantitative estimate of drug-likeness (QED) is 0.626. The van der Waals surface area contributed by atoms with Crippen LogP contribution in [0, 0.1) is 0 Å². The molecule has 1 aromatic carbocycles. The lowest BCUT2D eigenvalue weighted by atomic mass is 10.2. The van der Waals surface area contributed by atoms with Crippen LogP contribution in [0.5, 0.6) is 5.75 Å². The lowest BCUT2D eigenvalue weighted by molar-refractivity contribution is 0.340. The van der Waals surface area contributed by atoms with Crippen molar-refractivity contribution in [2.75, 3.05) is 23.2 Å². The third-order valence-corrected chi connectivity index (χ3v) is 4.93. The van der Waals surface area contributed by atoms with E-state index in [1.54, 1.807) is 24.4 Å². The highest BCUT2D eigenvalue weighted by atomic mass is 32.2. The molecule has 6 nitrogen and oxygen atoms in total. The molecule has 0 aliphatic carbocycles. The highest BCUT2D eigenvalue weighted by Gasteiger charge is 2.14. The molecule has 2 aromatic rings. The Bertz CT molecular complexity index is 744. The summed E-state index contributed by atoms with van der Waals surface area (Å²) >= 11 is 0. The lowest BCUT2D eigenvalue weighted by Crippen LogP contribution is -2.14. The minimum absolute atomic E-state index is 0.166. The number of sulfonamides is 1. The molecule has 0 saturated heterocycles. The first-order valence-corrected chi connectivity index (χ1v) is 9.99. The number of hydrogen-bond donors (Lipinski definition) is 2. The summed E-state index contributed by atoms with van der Waals surface area (Å²) in [5, 5.41) is 3.27. The number of rotatable bonds is 10. The topological polar surface area (TPSA) is 80.3 Å². The molecular formula is C18H25N3O3S. The van der Waals surface area contributed by atoms with Crippen molar-refractivity contribution in [2.45, 2.75) is 38.0 Å². The number of aromatic nitrogens is 1. The van der Waals surface area contributed by atoms with Gasteiger partial charge in [-0.25, -0.2) is 13.4 Å². The molecule has 0 spiro atoms. The van der Waals surface area contributed by atoms with E-state index >= 15 is 0 Å². The van der Waals surface area contributed by atoms with Gasteiger partial charge in [-0.05, 0) is 49.7 Å². The average Bonchev–Trinajstić information content (AvgIpc) is 2.61. The number of hydrogen-bond acceptors (Lipinski definition) is 5. The van der Waals surface area contributed by atoms with Crippen LogP contribution >= 0.6 is 0 Å². The van der Waals surface area contributed by atoms with E-state index in [0.717, 1.165) is 18.7 Å². The highest BCUT2D eigenvalue weighted by Crippen LogP contribution is 2.19. The van der Waals surface area contributed by atoms with Gasteiger partial charge in [0.05, 0.1) is 23.4 Å². The zero-order chi connectivity index (χ0) is 18.1. The van der Waals surface area contributed by atoms with Crippen LogP contribution in [0.3, 0.4) is 0 Å². The predicted molar refractivity (Wildman–Crippen MR) is 101 cm³/mol. The summed E-state index contributed by atoms with van der Waals surface area (Å²) in [4.78, 5) is 4.32. The molecule has 136 valence electrons. The maximum absolute atomic E-state index is 12.4. The predicted octanol–water partition coefficient (Wildman–Crippen LogP) is 3.88. The van der Waals surface area contributed by atoms with E-state index in [1.165, 1.54) is 25.0 Å². The summed E-state index contributed by atoms with van der Waals surface area (Å²) in [5.41, 5.74) is 0.875. The Hall–Kier alpha value is -2.28. The molecular weight excluding hydrogens is 338 g/mol. The Morgan fingerprint density at radius 3 is 2.40 bits per heavy atom. The molecule has 0 saturated carbocycles. The molecule has 0 bridgehead atoms. The fraction of sp³-hybridized carbons (Fsp3) is 0.389. The van der Waals surface area contributed by atoms with Crippen molar-refractivity contribution in [3.8, 4) is 5.75 Å². The zero-order valence-corrected chi connectivity index (χ0v) is 15.5. The van der Waals surface area contributed by atoms with Gasteiger partial charge in [-0.1, -0.05) is 19.8 Å². The first-order valence-electron chi connectivity index (χ1n) is 8.50. The molecule has 25 heavy (non-hydrogen) atoms. The van der Waals surface area contributed by atoms with Crippen molar-refractivity contribution in [2.24, 2.45) is 0 Å². The van der Waals surface area contributed by atoms with E-state index < -0.39 is 10.0 Å². The van der Waals surface area contributed by atoms with Crippen LogP contribution < -0.4 is 14.8 Å². The fourth-order valence-electron chi connectivity index (χ4n) is 2.24. The van der Waals surface area contributed by atoms with Crippen LogP contribution in [0.2, 0.25) is 0 Å². The molecule has 1 heterocycles. The molecule has 2 N–H and O–H groups in total. The smallest absolute Gasteiger partial charge is 0.263 e. The normalized spacial score (nSPS) is 11.1. The maximum Gasteiger partial charge on any atom is 0.263 e. The minimum atomic E-state index is -3.67. The Labute approximate surface area is 149 Å². The molecule has 0 unspecified atom stereocenters. The van der Waals surface area contributed by atoms with E-state index in [1.807, 2.05) is 13.0 Å². The molecule has 0 fully saturated rings. The second-order valence-electron chi connectivity index (χ2n) is 5.58. The maximum atomic E-state index is 12.4. The number of pyridine rings is 1. The van der Waals surface area contributed by atoms with Gasteiger partial charge < -0.3 is 10.1 Å². The van der Waals surface area contributed by atoms with Gasteiger partial charge in [-0.15, -0.1) is 0 Å². The van der Waals surface area contributed by atoms with Gasteiger partial charge in [0, 0.05) is 6.54 Å². The van der Waals surface area contributed by atoms with Crippen molar-refractivity contribution in [1.29, 1.82) is 0 Å². The van der Waals surface area contributed by atoms with Crippen LogP contribution in [-0.2, 0) is 10.0 Å². The van der Waals surface area contributed by atoms with Crippen LogP contribution in [0.4, 0.5) is 11.5 Å². The Kier molecular flexibility index (Phi) is 7.06. The Morgan fingerprint density at radius 1 is 1.04 bits per heavy atom. The van der Waals surface area contributed by atoms with Crippen molar-refractivity contribution in [3.05, 3.63) is 42.6 Å². The van der Waals surface area contributed by atoms with Crippen LogP contribution in [0.15, 0.2) is 47.5 Å². The van der Waals surface area contributed by atoms with Gasteiger partial charge in [-0.2, -0.15) is 0 Å². The second kappa shape index (κ2) is 9.27. The van der Waals surface area contributed by atoms with Crippen LogP contribution in [-0.4, -0.2) is 26.6 Å². The lowest BCUT2D eigenvalue weighted by Gasteiger charge is -2.10. The average molecular weight is 363 g/mol. The number of unbranched alkanes of at least 4 members (excludes halogenated alkanes) is 2. The third-order valence-electron chi connectivity index (χ3n) is 3.56. The van der Waals surface area contributed by atoms with Gasteiger partial charge in [0.2, 0.25) is 0 Å². The summed E-state index contributed by atoms with van der Waals surface area (Å²) in [5.74, 6) is 0.922. The second-order valence-corrected chi connectivity index (χ2v) is 7.26. The molecule has 0 radical (unpaired) electrons. The summed E-state index contributed by atoms with van der Waals surface area (Å²) in [6.45, 7) is 5.45. The number of nitrogens with zero attached hydrogens (tertiary/aromatic N) is 1. The summed E-state index contributed by atoms with van der Waals surface area (Å²) < 4.78 is 32.6. The number of benzene rings is 1. The third kappa shape index (κ3) is 5.94. The largest absolute Gasteiger partial charge is 0.494 e. The Morgan fingerprint density at radius 2 is 1.80 bits per heavy atom. The van der Waals surface area contributed by atoms with Gasteiger partial charge in [-0.3, -0.25) is 4.72 Å².